The quantitative estimate of drug-likeness (QED) is 0.402. The highest BCUT2D eigenvalue weighted by Gasteiger charge is 2.31. The first kappa shape index (κ1) is 23.4. The maximum atomic E-state index is 13.0. The number of carboxylic acids is 1. The zero-order chi connectivity index (χ0) is 22.4. The molecule has 4 unspecified atom stereocenters. The van der Waals surface area contributed by atoms with Crippen LogP contribution in [0, 0.1) is 11.8 Å². The van der Waals surface area contributed by atoms with Crippen molar-refractivity contribution < 1.29 is 19.5 Å². The molecule has 0 aliphatic heterocycles. The number of fused-ring (bicyclic) bond motifs is 1. The third-order valence-corrected chi connectivity index (χ3v) is 5.53. The number of H-pyrrole nitrogens is 1. The van der Waals surface area contributed by atoms with E-state index in [4.69, 9.17) is 5.73 Å². The van der Waals surface area contributed by atoms with Gasteiger partial charge in [0.25, 0.3) is 0 Å². The van der Waals surface area contributed by atoms with Crippen LogP contribution in [-0.2, 0) is 20.8 Å². The molecule has 8 nitrogen and oxygen atoms in total. The number of aliphatic carboxylic acids is 1. The highest BCUT2D eigenvalue weighted by atomic mass is 16.4. The van der Waals surface area contributed by atoms with E-state index in [0.717, 1.165) is 16.5 Å². The number of carbonyl (C=O) groups excluding carboxylic acids is 2. The Bertz CT molecular complexity index is 892. The molecule has 8 heteroatoms. The van der Waals surface area contributed by atoms with Gasteiger partial charge in [0, 0.05) is 23.5 Å². The minimum atomic E-state index is -1.10. The summed E-state index contributed by atoms with van der Waals surface area (Å²) >= 11 is 0. The second-order valence-corrected chi connectivity index (χ2v) is 8.10. The van der Waals surface area contributed by atoms with E-state index in [1.165, 1.54) is 0 Å². The molecule has 164 valence electrons. The van der Waals surface area contributed by atoms with Gasteiger partial charge in [-0.15, -0.1) is 0 Å². The van der Waals surface area contributed by atoms with Crippen molar-refractivity contribution in [3.63, 3.8) is 0 Å². The molecule has 2 amide bonds. The molecule has 1 aromatic heterocycles. The third kappa shape index (κ3) is 5.60. The molecule has 1 heterocycles. The smallest absolute Gasteiger partial charge is 0.326 e. The Labute approximate surface area is 176 Å². The summed E-state index contributed by atoms with van der Waals surface area (Å²) in [6.07, 6.45) is 2.59. The van der Waals surface area contributed by atoms with Crippen molar-refractivity contribution in [2.24, 2.45) is 17.6 Å². The molecule has 2 rings (SSSR count). The maximum Gasteiger partial charge on any atom is 0.326 e. The van der Waals surface area contributed by atoms with Crippen molar-refractivity contribution in [2.75, 3.05) is 0 Å². The van der Waals surface area contributed by atoms with Crippen molar-refractivity contribution in [3.8, 4) is 0 Å². The molecule has 0 aliphatic carbocycles. The van der Waals surface area contributed by atoms with Gasteiger partial charge >= 0.3 is 5.97 Å². The Hall–Kier alpha value is -2.87. The van der Waals surface area contributed by atoms with E-state index < -0.39 is 35.9 Å². The summed E-state index contributed by atoms with van der Waals surface area (Å²) in [6, 6.07) is 4.89. The van der Waals surface area contributed by atoms with Crippen LogP contribution in [0.3, 0.4) is 0 Å². The fourth-order valence-electron chi connectivity index (χ4n) is 3.24. The van der Waals surface area contributed by atoms with E-state index >= 15 is 0 Å². The lowest BCUT2D eigenvalue weighted by molar-refractivity contribution is -0.143. The molecule has 4 atom stereocenters. The van der Waals surface area contributed by atoms with Crippen molar-refractivity contribution in [1.82, 2.24) is 15.6 Å². The molecule has 0 radical (unpaired) electrons. The van der Waals surface area contributed by atoms with Crippen molar-refractivity contribution >= 4 is 28.7 Å². The predicted molar refractivity (Wildman–Crippen MR) is 116 cm³/mol. The van der Waals surface area contributed by atoms with Crippen molar-refractivity contribution in [3.05, 3.63) is 36.0 Å². The molecule has 30 heavy (non-hydrogen) atoms. The van der Waals surface area contributed by atoms with E-state index in [0.29, 0.717) is 6.42 Å². The minimum absolute atomic E-state index is 0.103. The monoisotopic (exact) mass is 416 g/mol. The number of hydrogen-bond acceptors (Lipinski definition) is 4. The number of aromatic nitrogens is 1. The van der Waals surface area contributed by atoms with Crippen LogP contribution in [0.5, 0.6) is 0 Å². The van der Waals surface area contributed by atoms with Gasteiger partial charge < -0.3 is 26.5 Å². The minimum Gasteiger partial charge on any atom is -0.480 e. The van der Waals surface area contributed by atoms with Crippen LogP contribution in [0.1, 0.15) is 39.7 Å². The SMILES string of the molecule is CCC(C)C(NC(=O)C(Cc1c[nH]c2ccccc12)NC(=O)C(N)C(C)C)C(=O)O. The molecule has 0 spiro atoms. The van der Waals surface area contributed by atoms with Crippen LogP contribution in [0.4, 0.5) is 0 Å². The Morgan fingerprint density at radius 2 is 1.77 bits per heavy atom. The lowest BCUT2D eigenvalue weighted by Gasteiger charge is -2.25. The Balaban J connectivity index is 2.29. The summed E-state index contributed by atoms with van der Waals surface area (Å²) in [6.45, 7) is 7.27. The van der Waals surface area contributed by atoms with Crippen LogP contribution in [0.15, 0.2) is 30.5 Å². The second kappa shape index (κ2) is 10.2. The van der Waals surface area contributed by atoms with E-state index in [9.17, 15) is 19.5 Å². The van der Waals surface area contributed by atoms with Gasteiger partial charge in [-0.3, -0.25) is 9.59 Å². The summed E-state index contributed by atoms with van der Waals surface area (Å²) < 4.78 is 0. The van der Waals surface area contributed by atoms with Crippen molar-refractivity contribution in [1.29, 1.82) is 0 Å². The molecular weight excluding hydrogens is 384 g/mol. The van der Waals surface area contributed by atoms with Gasteiger partial charge in [0.2, 0.25) is 11.8 Å². The zero-order valence-electron chi connectivity index (χ0n) is 17.9. The number of rotatable bonds is 10. The molecule has 6 N–H and O–H groups in total. The standard InChI is InChI=1S/C22H32N4O4/c1-5-13(4)19(22(29)30)26-20(27)17(25-21(28)18(23)12(2)3)10-14-11-24-16-9-7-6-8-15(14)16/h6-9,11-13,17-19,24H,5,10,23H2,1-4H3,(H,25,28)(H,26,27)(H,29,30). The van der Waals surface area contributed by atoms with E-state index in [1.54, 1.807) is 13.1 Å². The number of benzene rings is 1. The number of carboxylic acid groups (broad SMARTS) is 1. The zero-order valence-corrected chi connectivity index (χ0v) is 17.9. The maximum absolute atomic E-state index is 13.0. The average Bonchev–Trinajstić information content (AvgIpc) is 3.12. The summed E-state index contributed by atoms with van der Waals surface area (Å²) in [5.41, 5.74) is 7.71. The first-order chi connectivity index (χ1) is 14.1. The van der Waals surface area contributed by atoms with Crippen LogP contribution in [-0.4, -0.2) is 46.0 Å². The summed E-state index contributed by atoms with van der Waals surface area (Å²) in [5.74, 6) is -2.45. The van der Waals surface area contributed by atoms with Gasteiger partial charge in [-0.1, -0.05) is 52.3 Å². The van der Waals surface area contributed by atoms with Crippen LogP contribution < -0.4 is 16.4 Å². The van der Waals surface area contributed by atoms with E-state index in [-0.39, 0.29) is 18.3 Å². The second-order valence-electron chi connectivity index (χ2n) is 8.10. The van der Waals surface area contributed by atoms with Gasteiger partial charge in [-0.05, 0) is 23.5 Å². The highest BCUT2D eigenvalue weighted by Crippen LogP contribution is 2.19. The molecule has 0 saturated carbocycles. The van der Waals surface area contributed by atoms with Gasteiger partial charge in [0.05, 0.1) is 6.04 Å². The number of aromatic amines is 1. The normalized spacial score (nSPS) is 15.4. The number of amides is 2. The number of carbonyl (C=O) groups is 3. The van der Waals surface area contributed by atoms with E-state index in [1.807, 2.05) is 45.0 Å². The van der Waals surface area contributed by atoms with Gasteiger partial charge in [-0.25, -0.2) is 4.79 Å². The number of nitrogens with two attached hydrogens (primary N) is 1. The first-order valence-corrected chi connectivity index (χ1v) is 10.3. The summed E-state index contributed by atoms with van der Waals surface area (Å²) in [5, 5.41) is 15.8. The fourth-order valence-corrected chi connectivity index (χ4v) is 3.24. The third-order valence-electron chi connectivity index (χ3n) is 5.53. The van der Waals surface area contributed by atoms with E-state index in [2.05, 4.69) is 15.6 Å². The number of nitrogens with one attached hydrogen (secondary N) is 3. The summed E-state index contributed by atoms with van der Waals surface area (Å²) in [7, 11) is 0. The van der Waals surface area contributed by atoms with Crippen LogP contribution in [0.25, 0.3) is 10.9 Å². The molecule has 0 fully saturated rings. The lowest BCUT2D eigenvalue weighted by Crippen LogP contribution is -2.57. The van der Waals surface area contributed by atoms with Crippen LogP contribution in [0.2, 0.25) is 0 Å². The molecule has 0 saturated heterocycles. The molecule has 1 aromatic carbocycles. The molecule has 0 bridgehead atoms. The first-order valence-electron chi connectivity index (χ1n) is 10.3. The van der Waals surface area contributed by atoms with Gasteiger partial charge in [-0.2, -0.15) is 0 Å². The van der Waals surface area contributed by atoms with Crippen molar-refractivity contribution in [2.45, 2.75) is 58.7 Å². The fraction of sp³-hybridized carbons (Fsp3) is 0.500. The van der Waals surface area contributed by atoms with Crippen LogP contribution >= 0.6 is 0 Å². The Morgan fingerprint density at radius 1 is 1.10 bits per heavy atom. The number of hydrogen-bond donors (Lipinski definition) is 5. The average molecular weight is 417 g/mol. The van der Waals surface area contributed by atoms with Gasteiger partial charge in [0.15, 0.2) is 0 Å². The largest absolute Gasteiger partial charge is 0.480 e. The topological polar surface area (TPSA) is 137 Å². The summed E-state index contributed by atoms with van der Waals surface area (Å²) in [4.78, 5) is 40.4. The number of para-hydroxylation sites is 1. The highest BCUT2D eigenvalue weighted by molar-refractivity contribution is 5.93. The Morgan fingerprint density at radius 3 is 2.37 bits per heavy atom. The predicted octanol–water partition coefficient (Wildman–Crippen LogP) is 1.79. The lowest BCUT2D eigenvalue weighted by atomic mass is 9.97. The Kier molecular flexibility index (Phi) is 8.00. The molecule has 0 aliphatic rings. The molecule has 2 aromatic rings. The van der Waals surface area contributed by atoms with Gasteiger partial charge in [0.1, 0.15) is 12.1 Å². The molecular formula is C22H32N4O4.